The van der Waals surface area contributed by atoms with Gasteiger partial charge in [-0.15, -0.1) is 0 Å². The van der Waals surface area contributed by atoms with Gasteiger partial charge in [-0.1, -0.05) is 30.3 Å². The Kier molecular flexibility index (Phi) is 4.13. The molecule has 0 amide bonds. The molecule has 0 radical (unpaired) electrons. The van der Waals surface area contributed by atoms with Gasteiger partial charge >= 0.3 is 5.97 Å². The van der Waals surface area contributed by atoms with E-state index >= 15 is 0 Å². The molecule has 0 bridgehead atoms. The number of benzene rings is 1. The Bertz CT molecular complexity index is 282. The first kappa shape index (κ1) is 10.7. The van der Waals surface area contributed by atoms with Crippen LogP contribution in [0.5, 0.6) is 0 Å². The fourth-order valence-electron chi connectivity index (χ4n) is 1.27. The van der Waals surface area contributed by atoms with E-state index in [0.717, 1.165) is 6.42 Å². The molecular weight excluding hydrogens is 180 g/mol. The van der Waals surface area contributed by atoms with E-state index in [2.05, 4.69) is 0 Å². The summed E-state index contributed by atoms with van der Waals surface area (Å²) >= 11 is 0. The summed E-state index contributed by atoms with van der Waals surface area (Å²) < 4.78 is 0. The van der Waals surface area contributed by atoms with Crippen molar-refractivity contribution in [2.24, 2.45) is 0 Å². The maximum atomic E-state index is 10.3. The maximum absolute atomic E-state index is 10.3. The first-order valence-electron chi connectivity index (χ1n) is 4.65. The Morgan fingerprint density at radius 1 is 1.29 bits per heavy atom. The van der Waals surface area contributed by atoms with Gasteiger partial charge in [-0.2, -0.15) is 0 Å². The van der Waals surface area contributed by atoms with E-state index in [4.69, 9.17) is 10.2 Å². The van der Waals surface area contributed by atoms with E-state index in [1.54, 1.807) is 0 Å². The molecule has 0 fully saturated rings. The number of aliphatic carboxylic acids is 1. The number of aliphatic hydroxyl groups is 1. The van der Waals surface area contributed by atoms with Gasteiger partial charge in [0.05, 0.1) is 0 Å². The number of aryl methyl sites for hydroxylation is 1. The lowest BCUT2D eigenvalue weighted by Gasteiger charge is -2.04. The summed E-state index contributed by atoms with van der Waals surface area (Å²) in [5.41, 5.74) is 1.17. The van der Waals surface area contributed by atoms with Crippen LogP contribution in [0.15, 0.2) is 30.3 Å². The molecule has 2 N–H and O–H groups in total. The molecule has 76 valence electrons. The van der Waals surface area contributed by atoms with Crippen LogP contribution in [0.1, 0.15) is 18.4 Å². The quantitative estimate of drug-likeness (QED) is 0.746. The van der Waals surface area contributed by atoms with Gasteiger partial charge in [-0.25, -0.2) is 4.79 Å². The van der Waals surface area contributed by atoms with E-state index in [1.165, 1.54) is 5.56 Å². The molecule has 14 heavy (non-hydrogen) atoms. The third-order valence-corrected chi connectivity index (χ3v) is 2.07. The van der Waals surface area contributed by atoms with Gasteiger partial charge in [0.15, 0.2) is 6.10 Å². The molecule has 0 spiro atoms. The van der Waals surface area contributed by atoms with Gasteiger partial charge in [0.25, 0.3) is 0 Å². The predicted molar refractivity (Wildman–Crippen MR) is 53.0 cm³/mol. The summed E-state index contributed by atoms with van der Waals surface area (Å²) in [5.74, 6) is -1.14. The van der Waals surface area contributed by atoms with Crippen molar-refractivity contribution in [3.05, 3.63) is 35.9 Å². The third kappa shape index (κ3) is 3.58. The van der Waals surface area contributed by atoms with Gasteiger partial charge in [0.2, 0.25) is 0 Å². The van der Waals surface area contributed by atoms with Crippen LogP contribution >= 0.6 is 0 Å². The molecule has 0 aliphatic carbocycles. The molecular formula is C11H14O3. The largest absolute Gasteiger partial charge is 0.479 e. The molecule has 3 heteroatoms. The van der Waals surface area contributed by atoms with Crippen molar-refractivity contribution in [2.75, 3.05) is 0 Å². The summed E-state index contributed by atoms with van der Waals surface area (Å²) in [5, 5.41) is 17.4. The zero-order chi connectivity index (χ0) is 10.4. The first-order valence-corrected chi connectivity index (χ1v) is 4.65. The second-order valence-corrected chi connectivity index (χ2v) is 3.23. The smallest absolute Gasteiger partial charge is 0.332 e. The number of carboxylic acid groups (broad SMARTS) is 1. The van der Waals surface area contributed by atoms with Crippen molar-refractivity contribution < 1.29 is 15.0 Å². The molecule has 1 aromatic carbocycles. The molecule has 1 atom stereocenters. The minimum absolute atomic E-state index is 0.310. The molecule has 0 aliphatic heterocycles. The molecule has 0 saturated carbocycles. The lowest BCUT2D eigenvalue weighted by Crippen LogP contribution is -2.19. The highest BCUT2D eigenvalue weighted by Crippen LogP contribution is 2.06. The van der Waals surface area contributed by atoms with Gasteiger partial charge in [-0.05, 0) is 24.8 Å². The van der Waals surface area contributed by atoms with E-state index in [-0.39, 0.29) is 0 Å². The van der Waals surface area contributed by atoms with E-state index in [0.29, 0.717) is 12.8 Å². The number of hydrogen-bond donors (Lipinski definition) is 2. The Balaban J connectivity index is 2.26. The van der Waals surface area contributed by atoms with E-state index in [9.17, 15) is 4.79 Å². The fraction of sp³-hybridized carbons (Fsp3) is 0.364. The van der Waals surface area contributed by atoms with Crippen molar-refractivity contribution in [2.45, 2.75) is 25.4 Å². The third-order valence-electron chi connectivity index (χ3n) is 2.07. The van der Waals surface area contributed by atoms with Crippen LogP contribution in [-0.2, 0) is 11.2 Å². The van der Waals surface area contributed by atoms with Gasteiger partial charge < -0.3 is 10.2 Å². The van der Waals surface area contributed by atoms with Crippen LogP contribution in [0.4, 0.5) is 0 Å². The molecule has 1 aromatic rings. The number of carboxylic acids is 1. The lowest BCUT2D eigenvalue weighted by molar-refractivity contribution is -0.146. The highest BCUT2D eigenvalue weighted by Gasteiger charge is 2.11. The van der Waals surface area contributed by atoms with Crippen molar-refractivity contribution in [1.82, 2.24) is 0 Å². The van der Waals surface area contributed by atoms with Crippen LogP contribution in [-0.4, -0.2) is 22.3 Å². The number of hydrogen-bond acceptors (Lipinski definition) is 2. The number of carbonyl (C=O) groups is 1. The Hall–Kier alpha value is -1.35. The van der Waals surface area contributed by atoms with Crippen molar-refractivity contribution in [1.29, 1.82) is 0 Å². The molecule has 0 saturated heterocycles. The van der Waals surface area contributed by atoms with Gasteiger partial charge in [-0.3, -0.25) is 0 Å². The normalized spacial score (nSPS) is 12.4. The van der Waals surface area contributed by atoms with Crippen LogP contribution in [0.25, 0.3) is 0 Å². The first-order chi connectivity index (χ1) is 6.70. The summed E-state index contributed by atoms with van der Waals surface area (Å²) in [6, 6.07) is 9.82. The molecule has 1 rings (SSSR count). The maximum Gasteiger partial charge on any atom is 0.332 e. The molecule has 0 unspecified atom stereocenters. The van der Waals surface area contributed by atoms with Crippen LogP contribution in [0, 0.1) is 0 Å². The lowest BCUT2D eigenvalue weighted by atomic mass is 10.1. The summed E-state index contributed by atoms with van der Waals surface area (Å²) in [4.78, 5) is 10.3. The van der Waals surface area contributed by atoms with Gasteiger partial charge in [0, 0.05) is 0 Å². The van der Waals surface area contributed by atoms with Crippen molar-refractivity contribution in [3.8, 4) is 0 Å². The second-order valence-electron chi connectivity index (χ2n) is 3.23. The summed E-state index contributed by atoms with van der Waals surface area (Å²) in [6.07, 6.45) is 0.589. The highest BCUT2D eigenvalue weighted by molar-refractivity contribution is 5.71. The second kappa shape index (κ2) is 5.40. The van der Waals surface area contributed by atoms with Crippen molar-refractivity contribution >= 4 is 5.97 Å². The topological polar surface area (TPSA) is 57.5 Å². The number of aliphatic hydroxyl groups excluding tert-OH is 1. The molecule has 3 nitrogen and oxygen atoms in total. The molecule has 0 heterocycles. The van der Waals surface area contributed by atoms with Crippen LogP contribution < -0.4 is 0 Å². The Morgan fingerprint density at radius 2 is 1.93 bits per heavy atom. The standard InChI is InChI=1S/C11H14O3/c12-10(11(13)14)8-4-7-9-5-2-1-3-6-9/h1-3,5-6,10,12H,4,7-8H2,(H,13,14)/t10-/m1/s1. The average molecular weight is 194 g/mol. The molecule has 0 aromatic heterocycles. The minimum Gasteiger partial charge on any atom is -0.479 e. The fourth-order valence-corrected chi connectivity index (χ4v) is 1.27. The van der Waals surface area contributed by atoms with E-state index in [1.807, 2.05) is 30.3 Å². The number of rotatable bonds is 5. The zero-order valence-electron chi connectivity index (χ0n) is 7.89. The van der Waals surface area contributed by atoms with Crippen LogP contribution in [0.3, 0.4) is 0 Å². The molecule has 0 aliphatic rings. The monoisotopic (exact) mass is 194 g/mol. The SMILES string of the molecule is O=C(O)[C@H](O)CCCc1ccccc1. The van der Waals surface area contributed by atoms with Crippen LogP contribution in [0.2, 0.25) is 0 Å². The van der Waals surface area contributed by atoms with Gasteiger partial charge in [0.1, 0.15) is 0 Å². The minimum atomic E-state index is -1.22. The summed E-state index contributed by atoms with van der Waals surface area (Å²) in [6.45, 7) is 0. The van der Waals surface area contributed by atoms with Crippen molar-refractivity contribution in [3.63, 3.8) is 0 Å². The predicted octanol–water partition coefficient (Wildman–Crippen LogP) is 1.45. The Labute approximate surface area is 83.0 Å². The average Bonchev–Trinajstić information content (AvgIpc) is 2.19. The summed E-state index contributed by atoms with van der Waals surface area (Å²) in [7, 11) is 0. The zero-order valence-corrected chi connectivity index (χ0v) is 7.89. The highest BCUT2D eigenvalue weighted by atomic mass is 16.4. The van der Waals surface area contributed by atoms with E-state index < -0.39 is 12.1 Å². The Morgan fingerprint density at radius 3 is 2.50 bits per heavy atom.